The summed E-state index contributed by atoms with van der Waals surface area (Å²) in [6.45, 7) is 8.64. The number of Topliss-reactive ketones (excluding diaryl/α,β-unsaturated/α-hetero) is 1. The fourth-order valence-corrected chi connectivity index (χ4v) is 9.85. The summed E-state index contributed by atoms with van der Waals surface area (Å²) in [5, 5.41) is 24.0. The van der Waals surface area contributed by atoms with Crippen molar-refractivity contribution >= 4 is 23.7 Å². The van der Waals surface area contributed by atoms with Crippen LogP contribution in [0.5, 0.6) is 0 Å². The van der Waals surface area contributed by atoms with Gasteiger partial charge in [0.2, 0.25) is 0 Å². The topological polar surface area (TPSA) is 162 Å². The van der Waals surface area contributed by atoms with Crippen LogP contribution in [0.3, 0.4) is 0 Å². The molecule has 1 aromatic heterocycles. The number of esters is 3. The van der Waals surface area contributed by atoms with E-state index < -0.39 is 93.3 Å². The molecule has 5 fully saturated rings. The lowest BCUT2D eigenvalue weighted by atomic mass is 9.36. The Bertz CT molecular complexity index is 1300. The summed E-state index contributed by atoms with van der Waals surface area (Å²) in [7, 11) is 1.15. The predicted octanol–water partition coefficient (Wildman–Crippen LogP) is 2.27. The molecule has 6 rings (SSSR count). The van der Waals surface area contributed by atoms with Crippen LogP contribution in [0.25, 0.3) is 0 Å². The molecule has 0 radical (unpaired) electrons. The fourth-order valence-electron chi connectivity index (χ4n) is 9.85. The minimum Gasteiger partial charge on any atom is -0.472 e. The second-order valence-corrected chi connectivity index (χ2v) is 13.6. The number of methoxy groups -OCH3 is 1. The van der Waals surface area contributed by atoms with Crippen molar-refractivity contribution in [1.29, 1.82) is 0 Å². The van der Waals surface area contributed by atoms with Gasteiger partial charge in [0.15, 0.2) is 17.5 Å². The molecule has 11 atom stereocenters. The van der Waals surface area contributed by atoms with Gasteiger partial charge in [-0.25, -0.2) is 4.79 Å². The summed E-state index contributed by atoms with van der Waals surface area (Å²) in [5.41, 5.74) is -6.17. The van der Waals surface area contributed by atoms with E-state index in [0.717, 1.165) is 7.11 Å². The maximum absolute atomic E-state index is 14.6. The van der Waals surface area contributed by atoms with E-state index in [1.165, 1.54) is 6.26 Å². The van der Waals surface area contributed by atoms with E-state index in [2.05, 4.69) is 0 Å². The van der Waals surface area contributed by atoms with E-state index in [-0.39, 0.29) is 12.8 Å². The molecule has 2 N–H and O–H groups in total. The third-order valence-corrected chi connectivity index (χ3v) is 11.4. The lowest BCUT2D eigenvalue weighted by Gasteiger charge is -2.67. The molecule has 1 aromatic rings. The summed E-state index contributed by atoms with van der Waals surface area (Å²) < 4.78 is 28.5. The van der Waals surface area contributed by atoms with Crippen molar-refractivity contribution < 1.29 is 52.8 Å². The standard InChI is InChI=1S/C30H38O11/c1-7-17(31)40-24-26(2,3)20(19(33)22(34)37-6)28(5)15-8-10-27(4)16(30(15)25(41-30)29(24,36)23(28)35)12-18(32)39-21(27)14-9-11-38-13-14/h9,11,13,15-16,19-21,24-25,33,36H,7-8,10,12H2,1-6H3/t15-,16+,19+,20-,21-,24+,25-,27-,28+,29+,30+/m0/s1. The Labute approximate surface area is 237 Å². The number of aliphatic hydroxyl groups excluding tert-OH is 1. The van der Waals surface area contributed by atoms with E-state index in [9.17, 15) is 29.4 Å². The minimum atomic E-state index is -2.28. The van der Waals surface area contributed by atoms with Crippen LogP contribution in [-0.2, 0) is 38.1 Å². The lowest BCUT2D eigenvalue weighted by Crippen LogP contribution is -2.81. The first-order chi connectivity index (χ1) is 19.2. The van der Waals surface area contributed by atoms with E-state index >= 15 is 0 Å². The number of hydrogen-bond donors (Lipinski definition) is 2. The van der Waals surface area contributed by atoms with Crippen molar-refractivity contribution in [2.24, 2.45) is 34.0 Å². The van der Waals surface area contributed by atoms with Gasteiger partial charge in [0.25, 0.3) is 0 Å². The average molecular weight is 575 g/mol. The largest absolute Gasteiger partial charge is 0.472 e. The van der Waals surface area contributed by atoms with Crippen LogP contribution in [0.15, 0.2) is 23.0 Å². The Morgan fingerprint density at radius 1 is 1.17 bits per heavy atom. The number of aliphatic hydroxyl groups is 2. The van der Waals surface area contributed by atoms with Gasteiger partial charge in [0.05, 0.1) is 26.1 Å². The molecule has 0 aromatic carbocycles. The third-order valence-electron chi connectivity index (χ3n) is 11.4. The molecule has 3 heterocycles. The zero-order valence-corrected chi connectivity index (χ0v) is 24.2. The second-order valence-electron chi connectivity index (χ2n) is 13.6. The zero-order valence-electron chi connectivity index (χ0n) is 24.2. The molecule has 3 saturated carbocycles. The summed E-state index contributed by atoms with van der Waals surface area (Å²) in [6.07, 6.45) is -0.897. The van der Waals surface area contributed by atoms with Crippen molar-refractivity contribution in [1.82, 2.24) is 0 Å². The quantitative estimate of drug-likeness (QED) is 0.301. The monoisotopic (exact) mass is 574 g/mol. The number of carbonyl (C=O) groups excluding carboxylic acids is 4. The van der Waals surface area contributed by atoms with E-state index in [1.807, 2.05) is 6.92 Å². The number of ketones is 1. The lowest BCUT2D eigenvalue weighted by molar-refractivity contribution is -0.260. The molecule has 1 spiro atoms. The molecule has 2 aliphatic heterocycles. The van der Waals surface area contributed by atoms with Gasteiger partial charge in [-0.2, -0.15) is 0 Å². The number of carbonyl (C=O) groups is 4. The number of ether oxygens (including phenoxy) is 4. The number of furan rings is 1. The van der Waals surface area contributed by atoms with Crippen LogP contribution in [0.1, 0.15) is 72.0 Å². The van der Waals surface area contributed by atoms with E-state index in [0.29, 0.717) is 18.4 Å². The SMILES string of the molecule is CCC(=O)O[C@@H]1C(C)(C)[C@H]([C@@H](O)C(=O)OC)[C@]2(C)C(=O)[C@]1(O)[C@@H]1O[C@]13[C@@H]1CC(=O)O[C@@H](c4ccoc4)[C@@]1(C)CC[C@@H]23. The summed E-state index contributed by atoms with van der Waals surface area (Å²) in [5.74, 6) is -4.82. The van der Waals surface area contributed by atoms with Crippen LogP contribution in [0.4, 0.5) is 0 Å². The van der Waals surface area contributed by atoms with Crippen LogP contribution < -0.4 is 0 Å². The van der Waals surface area contributed by atoms with Crippen LogP contribution in [0.2, 0.25) is 0 Å². The Kier molecular flexibility index (Phi) is 5.98. The molecule has 5 aliphatic rings. The molecule has 11 heteroatoms. The van der Waals surface area contributed by atoms with Gasteiger partial charge < -0.3 is 33.6 Å². The molecule has 224 valence electrons. The van der Waals surface area contributed by atoms with Gasteiger partial charge in [-0.05, 0) is 18.9 Å². The second kappa shape index (κ2) is 8.64. The summed E-state index contributed by atoms with van der Waals surface area (Å²) in [4.78, 5) is 53.3. The highest BCUT2D eigenvalue weighted by atomic mass is 16.6. The number of cyclic esters (lactones) is 1. The van der Waals surface area contributed by atoms with E-state index in [4.69, 9.17) is 23.4 Å². The van der Waals surface area contributed by atoms with Crippen molar-refractivity contribution in [3.63, 3.8) is 0 Å². The Balaban J connectivity index is 1.55. The zero-order chi connectivity index (χ0) is 29.9. The molecule has 3 aliphatic carbocycles. The maximum Gasteiger partial charge on any atom is 0.335 e. The van der Waals surface area contributed by atoms with Crippen LogP contribution in [0, 0.1) is 34.0 Å². The smallest absolute Gasteiger partial charge is 0.335 e. The fraction of sp³-hybridized carbons (Fsp3) is 0.733. The number of epoxide rings is 1. The van der Waals surface area contributed by atoms with Crippen molar-refractivity contribution in [2.75, 3.05) is 7.11 Å². The number of rotatable bonds is 5. The number of fused-ring (bicyclic) bond motifs is 5. The van der Waals surface area contributed by atoms with Gasteiger partial charge in [-0.1, -0.05) is 34.6 Å². The molecule has 0 amide bonds. The maximum atomic E-state index is 14.6. The first kappa shape index (κ1) is 28.4. The normalized spacial score (nSPS) is 46.2. The van der Waals surface area contributed by atoms with Crippen molar-refractivity contribution in [2.45, 2.75) is 95.9 Å². The Morgan fingerprint density at radius 2 is 1.88 bits per heavy atom. The Hall–Kier alpha value is -2.76. The van der Waals surface area contributed by atoms with Crippen molar-refractivity contribution in [3.8, 4) is 0 Å². The van der Waals surface area contributed by atoms with Crippen molar-refractivity contribution in [3.05, 3.63) is 24.2 Å². The molecular formula is C30H38O11. The first-order valence-corrected chi connectivity index (χ1v) is 14.3. The molecule has 41 heavy (non-hydrogen) atoms. The van der Waals surface area contributed by atoms with Crippen LogP contribution >= 0.6 is 0 Å². The molecule has 2 bridgehead atoms. The molecule has 0 unspecified atom stereocenters. The van der Waals surface area contributed by atoms with Gasteiger partial charge in [0.1, 0.15) is 23.9 Å². The van der Waals surface area contributed by atoms with E-state index in [1.54, 1.807) is 40.0 Å². The highest BCUT2D eigenvalue weighted by Gasteiger charge is 2.91. The highest BCUT2D eigenvalue weighted by molar-refractivity contribution is 5.99. The molecular weight excluding hydrogens is 536 g/mol. The third kappa shape index (κ3) is 3.25. The molecule has 2 saturated heterocycles. The van der Waals surface area contributed by atoms with Crippen LogP contribution in [-0.4, -0.2) is 70.5 Å². The first-order valence-electron chi connectivity index (χ1n) is 14.3. The summed E-state index contributed by atoms with van der Waals surface area (Å²) >= 11 is 0. The summed E-state index contributed by atoms with van der Waals surface area (Å²) in [6, 6.07) is 1.75. The minimum absolute atomic E-state index is 0.00870. The van der Waals surface area contributed by atoms with Gasteiger partial charge in [-0.15, -0.1) is 0 Å². The molecule has 11 nitrogen and oxygen atoms in total. The van der Waals surface area contributed by atoms with Gasteiger partial charge in [0, 0.05) is 46.0 Å². The Morgan fingerprint density at radius 3 is 2.49 bits per heavy atom. The average Bonchev–Trinajstić information content (AvgIpc) is 3.41. The highest BCUT2D eigenvalue weighted by Crippen LogP contribution is 2.78. The number of hydrogen-bond acceptors (Lipinski definition) is 11. The van der Waals surface area contributed by atoms with Gasteiger partial charge >= 0.3 is 17.9 Å². The predicted molar refractivity (Wildman–Crippen MR) is 138 cm³/mol. The van der Waals surface area contributed by atoms with Gasteiger partial charge in [-0.3, -0.25) is 14.4 Å².